The van der Waals surface area contributed by atoms with Gasteiger partial charge in [-0.15, -0.1) is 0 Å². The highest BCUT2D eigenvalue weighted by atomic mass is 32.2. The Morgan fingerprint density at radius 3 is 1.67 bits per heavy atom. The third kappa shape index (κ3) is 6.49. The molecule has 0 aliphatic carbocycles. The molecule has 36 heavy (non-hydrogen) atoms. The lowest BCUT2D eigenvalue weighted by atomic mass is 9.99. The van der Waals surface area contributed by atoms with Gasteiger partial charge in [0, 0.05) is 11.4 Å². The lowest BCUT2D eigenvalue weighted by Gasteiger charge is -2.20. The molecule has 0 radical (unpaired) electrons. The number of amides is 4. The maximum Gasteiger partial charge on any atom is 0.329 e. The Morgan fingerprint density at radius 2 is 1.08 bits per heavy atom. The normalized spacial score (nSPS) is 10.9. The average molecular weight is 501 g/mol. The van der Waals surface area contributed by atoms with Crippen molar-refractivity contribution in [2.24, 2.45) is 0 Å². The van der Waals surface area contributed by atoms with Gasteiger partial charge in [-0.2, -0.15) is 0 Å². The van der Waals surface area contributed by atoms with Gasteiger partial charge in [0.1, 0.15) is 0 Å². The van der Waals surface area contributed by atoms with E-state index in [1.54, 1.807) is 30.3 Å². The summed E-state index contributed by atoms with van der Waals surface area (Å²) in [6.07, 6.45) is 0. The first-order valence-electron chi connectivity index (χ1n) is 11.1. The predicted octanol–water partition coefficient (Wildman–Crippen LogP) is 5.11. The van der Waals surface area contributed by atoms with E-state index in [-0.39, 0.29) is 10.6 Å². The first-order valence-corrected chi connectivity index (χ1v) is 12.6. The summed E-state index contributed by atoms with van der Waals surface area (Å²) in [5, 5.41) is 7.98. The van der Waals surface area contributed by atoms with Gasteiger partial charge in [0.15, 0.2) is 0 Å². The Balaban J connectivity index is 1.46. The standard InChI is InChI=1S/C27H24N4O4S/c32-26(28-22-15-8-3-9-16-22)29-23-17-10-18-24(19-23)36(34,35)31-27(33)30-25(20-11-4-1-5-12-20)21-13-6-2-7-14-21/h1-19,25H,(H2,28,29,32)(H2,30,31,33). The van der Waals surface area contributed by atoms with Crippen molar-refractivity contribution in [2.45, 2.75) is 10.9 Å². The van der Waals surface area contributed by atoms with Crippen LogP contribution in [0.5, 0.6) is 0 Å². The van der Waals surface area contributed by atoms with Gasteiger partial charge in [-0.1, -0.05) is 84.9 Å². The van der Waals surface area contributed by atoms with Crippen LogP contribution in [0.4, 0.5) is 21.0 Å². The Hall–Kier alpha value is -4.63. The highest BCUT2D eigenvalue weighted by Crippen LogP contribution is 2.22. The van der Waals surface area contributed by atoms with E-state index < -0.39 is 28.1 Å². The minimum absolute atomic E-state index is 0.175. The smallest absolute Gasteiger partial charge is 0.326 e. The summed E-state index contributed by atoms with van der Waals surface area (Å²) in [5.74, 6) is 0. The largest absolute Gasteiger partial charge is 0.329 e. The van der Waals surface area contributed by atoms with Gasteiger partial charge >= 0.3 is 12.1 Å². The van der Waals surface area contributed by atoms with Crippen LogP contribution in [0.25, 0.3) is 0 Å². The number of rotatable bonds is 7. The zero-order chi connectivity index (χ0) is 25.4. The fourth-order valence-corrected chi connectivity index (χ4v) is 4.51. The van der Waals surface area contributed by atoms with Crippen molar-refractivity contribution in [3.63, 3.8) is 0 Å². The van der Waals surface area contributed by atoms with E-state index >= 15 is 0 Å². The van der Waals surface area contributed by atoms with Crippen LogP contribution in [0.2, 0.25) is 0 Å². The van der Waals surface area contributed by atoms with E-state index in [2.05, 4.69) is 20.7 Å². The fraction of sp³-hybridized carbons (Fsp3) is 0.0370. The number of para-hydroxylation sites is 1. The number of urea groups is 2. The van der Waals surface area contributed by atoms with Crippen LogP contribution in [0.15, 0.2) is 120 Å². The minimum Gasteiger partial charge on any atom is -0.326 e. The number of benzene rings is 4. The van der Waals surface area contributed by atoms with Crippen LogP contribution in [0, 0.1) is 0 Å². The number of sulfonamides is 1. The molecule has 9 heteroatoms. The molecule has 8 nitrogen and oxygen atoms in total. The summed E-state index contributed by atoms with van der Waals surface area (Å²) in [7, 11) is -4.22. The van der Waals surface area contributed by atoms with E-state index in [4.69, 9.17) is 0 Å². The Morgan fingerprint density at radius 1 is 0.583 bits per heavy atom. The molecule has 0 heterocycles. The third-order valence-electron chi connectivity index (χ3n) is 5.20. The quantitative estimate of drug-likeness (QED) is 0.282. The van der Waals surface area contributed by atoms with Gasteiger partial charge in [0.25, 0.3) is 10.0 Å². The maximum atomic E-state index is 12.9. The maximum absolute atomic E-state index is 12.9. The molecule has 0 spiro atoms. The second kappa shape index (κ2) is 11.2. The van der Waals surface area contributed by atoms with Crippen LogP contribution in [0.1, 0.15) is 17.2 Å². The monoisotopic (exact) mass is 500 g/mol. The molecule has 0 bridgehead atoms. The summed E-state index contributed by atoms with van der Waals surface area (Å²) < 4.78 is 27.9. The molecule has 0 aliphatic rings. The van der Waals surface area contributed by atoms with Gasteiger partial charge in [-0.3, -0.25) is 0 Å². The van der Waals surface area contributed by atoms with Gasteiger partial charge in [0.05, 0.1) is 10.9 Å². The molecular weight excluding hydrogens is 476 g/mol. The third-order valence-corrected chi connectivity index (χ3v) is 6.53. The van der Waals surface area contributed by atoms with Crippen molar-refractivity contribution in [2.75, 3.05) is 10.6 Å². The van der Waals surface area contributed by atoms with Crippen molar-refractivity contribution in [3.05, 3.63) is 126 Å². The molecule has 0 saturated heterocycles. The highest BCUT2D eigenvalue weighted by Gasteiger charge is 2.22. The molecule has 0 saturated carbocycles. The molecule has 4 amide bonds. The summed E-state index contributed by atoms with van der Waals surface area (Å²) >= 11 is 0. The summed E-state index contributed by atoms with van der Waals surface area (Å²) in [5.41, 5.74) is 2.43. The van der Waals surface area contributed by atoms with Crippen molar-refractivity contribution in [1.29, 1.82) is 0 Å². The highest BCUT2D eigenvalue weighted by molar-refractivity contribution is 7.90. The van der Waals surface area contributed by atoms with Crippen LogP contribution < -0.4 is 20.7 Å². The number of hydrogen-bond acceptors (Lipinski definition) is 4. The number of hydrogen-bond donors (Lipinski definition) is 4. The molecule has 0 unspecified atom stereocenters. The number of nitrogens with one attached hydrogen (secondary N) is 4. The topological polar surface area (TPSA) is 116 Å². The van der Waals surface area contributed by atoms with Crippen molar-refractivity contribution < 1.29 is 18.0 Å². The van der Waals surface area contributed by atoms with Crippen LogP contribution in [0.3, 0.4) is 0 Å². The number of carbonyl (C=O) groups is 2. The van der Waals surface area contributed by atoms with Gasteiger partial charge in [-0.05, 0) is 41.5 Å². The Kier molecular flexibility index (Phi) is 7.62. The molecule has 0 atom stereocenters. The first-order chi connectivity index (χ1) is 17.4. The molecule has 4 N–H and O–H groups in total. The molecule has 0 aliphatic heterocycles. The van der Waals surface area contributed by atoms with Gasteiger partial charge in [-0.25, -0.2) is 22.7 Å². The van der Waals surface area contributed by atoms with E-state index in [0.29, 0.717) is 5.69 Å². The predicted molar refractivity (Wildman–Crippen MR) is 139 cm³/mol. The molecule has 182 valence electrons. The van der Waals surface area contributed by atoms with E-state index in [1.807, 2.05) is 66.7 Å². The second-order valence-corrected chi connectivity index (χ2v) is 9.49. The molecule has 0 aromatic heterocycles. The van der Waals surface area contributed by atoms with Crippen LogP contribution in [-0.4, -0.2) is 20.5 Å². The summed E-state index contributed by atoms with van der Waals surface area (Å²) in [6.45, 7) is 0. The molecule has 4 aromatic carbocycles. The number of anilines is 2. The zero-order valence-corrected chi connectivity index (χ0v) is 19.9. The lowest BCUT2D eigenvalue weighted by molar-refractivity contribution is 0.243. The summed E-state index contributed by atoms with van der Waals surface area (Å²) in [4.78, 5) is 24.9. The van der Waals surface area contributed by atoms with E-state index in [0.717, 1.165) is 11.1 Å². The molecule has 4 rings (SSSR count). The molecule has 0 fully saturated rings. The lowest BCUT2D eigenvalue weighted by Crippen LogP contribution is -2.41. The SMILES string of the molecule is O=C(Nc1ccccc1)Nc1cccc(S(=O)(=O)NC(=O)NC(c2ccccc2)c2ccccc2)c1. The second-order valence-electron chi connectivity index (χ2n) is 7.81. The van der Waals surface area contributed by atoms with Crippen LogP contribution in [-0.2, 0) is 10.0 Å². The first kappa shape index (κ1) is 24.5. The summed E-state index contributed by atoms with van der Waals surface area (Å²) in [6, 6.07) is 31.0. The number of carbonyl (C=O) groups excluding carboxylic acids is 2. The van der Waals surface area contributed by atoms with Crippen molar-refractivity contribution in [3.8, 4) is 0 Å². The average Bonchev–Trinajstić information content (AvgIpc) is 2.89. The Labute approximate surface area is 209 Å². The van der Waals surface area contributed by atoms with Gasteiger partial charge in [0.2, 0.25) is 0 Å². The van der Waals surface area contributed by atoms with Gasteiger partial charge < -0.3 is 16.0 Å². The van der Waals surface area contributed by atoms with E-state index in [1.165, 1.54) is 18.2 Å². The van der Waals surface area contributed by atoms with Crippen molar-refractivity contribution in [1.82, 2.24) is 10.0 Å². The zero-order valence-electron chi connectivity index (χ0n) is 19.1. The van der Waals surface area contributed by atoms with E-state index in [9.17, 15) is 18.0 Å². The minimum atomic E-state index is -4.22. The fourth-order valence-electron chi connectivity index (χ4n) is 3.55. The Bertz CT molecular complexity index is 1390. The van der Waals surface area contributed by atoms with Crippen molar-refractivity contribution >= 4 is 33.5 Å². The molecular formula is C27H24N4O4S. The van der Waals surface area contributed by atoms with Crippen LogP contribution >= 0.6 is 0 Å². The molecule has 4 aromatic rings.